The maximum atomic E-state index is 12.5. The Labute approximate surface area is 184 Å². The number of aromatic nitrogens is 2. The molecule has 1 saturated heterocycles. The number of hydrogen-bond donors (Lipinski definition) is 1. The summed E-state index contributed by atoms with van der Waals surface area (Å²) in [5, 5.41) is 18.1. The van der Waals surface area contributed by atoms with Crippen LogP contribution < -0.4 is 10.1 Å². The molecule has 1 aromatic heterocycles. The Morgan fingerprint density at radius 1 is 1.35 bits per heavy atom. The number of likely N-dealkylation sites (tertiary alicyclic amines) is 1. The molecule has 2 amide bonds. The topological polar surface area (TPSA) is 120 Å². The van der Waals surface area contributed by atoms with Gasteiger partial charge in [0, 0.05) is 44.2 Å². The number of rotatable bonds is 8. The molecule has 10 nitrogen and oxygen atoms in total. The van der Waals surface area contributed by atoms with Crippen molar-refractivity contribution in [2.45, 2.75) is 24.6 Å². The second-order valence-electron chi connectivity index (χ2n) is 7.29. The second-order valence-corrected chi connectivity index (χ2v) is 8.27. The fourth-order valence-corrected chi connectivity index (χ4v) is 4.27. The maximum Gasteiger partial charge on any atom is 0.311 e. The number of carbonyl (C=O) groups is 2. The van der Waals surface area contributed by atoms with Gasteiger partial charge in [0.15, 0.2) is 5.75 Å². The second kappa shape index (κ2) is 10.3. The highest BCUT2D eigenvalue weighted by Gasteiger charge is 2.24. The highest BCUT2D eigenvalue weighted by Crippen LogP contribution is 2.29. The zero-order chi connectivity index (χ0) is 22.4. The van der Waals surface area contributed by atoms with Gasteiger partial charge in [0.2, 0.25) is 5.91 Å². The van der Waals surface area contributed by atoms with Crippen LogP contribution in [-0.2, 0) is 17.6 Å². The number of aryl methyl sites for hydroxylation is 1. The predicted octanol–water partition coefficient (Wildman–Crippen LogP) is 1.99. The van der Waals surface area contributed by atoms with E-state index < -0.39 is 4.92 Å². The van der Waals surface area contributed by atoms with Crippen LogP contribution in [0.4, 0.5) is 5.69 Å². The van der Waals surface area contributed by atoms with Crippen LogP contribution in [0.5, 0.6) is 5.75 Å². The molecule has 0 radical (unpaired) electrons. The van der Waals surface area contributed by atoms with Crippen molar-refractivity contribution in [3.8, 4) is 5.75 Å². The summed E-state index contributed by atoms with van der Waals surface area (Å²) in [5.41, 5.74) is 1.21. The number of nitrogens with zero attached hydrogens (tertiary/aromatic N) is 4. The van der Waals surface area contributed by atoms with Crippen LogP contribution in [0, 0.1) is 10.1 Å². The van der Waals surface area contributed by atoms with Gasteiger partial charge in [0.1, 0.15) is 0 Å². The van der Waals surface area contributed by atoms with E-state index in [1.807, 2.05) is 0 Å². The number of piperidine rings is 1. The van der Waals surface area contributed by atoms with Crippen LogP contribution in [0.1, 0.15) is 28.8 Å². The van der Waals surface area contributed by atoms with E-state index in [-0.39, 0.29) is 29.3 Å². The first-order valence-electron chi connectivity index (χ1n) is 9.83. The Morgan fingerprint density at radius 2 is 2.10 bits per heavy atom. The summed E-state index contributed by atoms with van der Waals surface area (Å²) in [7, 11) is 3.15. The third-order valence-electron chi connectivity index (χ3n) is 5.08. The summed E-state index contributed by atoms with van der Waals surface area (Å²) in [6.07, 6.45) is 4.60. The molecule has 31 heavy (non-hydrogen) atoms. The summed E-state index contributed by atoms with van der Waals surface area (Å²) >= 11 is 1.42. The van der Waals surface area contributed by atoms with Crippen LogP contribution in [0.3, 0.4) is 0 Å². The Bertz CT molecular complexity index is 955. The molecule has 1 aliphatic rings. The van der Waals surface area contributed by atoms with E-state index in [1.165, 1.54) is 31.1 Å². The number of ether oxygens (including phenoxy) is 1. The van der Waals surface area contributed by atoms with Crippen molar-refractivity contribution in [1.82, 2.24) is 20.0 Å². The quantitative estimate of drug-likeness (QED) is 0.485. The van der Waals surface area contributed by atoms with Gasteiger partial charge >= 0.3 is 5.69 Å². The molecule has 0 unspecified atom stereocenters. The molecule has 1 aromatic carbocycles. The molecule has 166 valence electrons. The van der Waals surface area contributed by atoms with Gasteiger partial charge in [-0.1, -0.05) is 6.07 Å². The lowest BCUT2D eigenvalue weighted by molar-refractivity contribution is -0.385. The van der Waals surface area contributed by atoms with Gasteiger partial charge in [-0.25, -0.2) is 0 Å². The van der Waals surface area contributed by atoms with Crippen LogP contribution in [-0.4, -0.2) is 63.4 Å². The lowest BCUT2D eigenvalue weighted by atomic mass is 10.0. The molecule has 3 rings (SSSR count). The number of thioether (sulfide) groups is 1. The number of amides is 2. The predicted molar refractivity (Wildman–Crippen MR) is 116 cm³/mol. The van der Waals surface area contributed by atoms with Gasteiger partial charge in [-0.3, -0.25) is 24.4 Å². The Kier molecular flexibility index (Phi) is 7.50. The summed E-state index contributed by atoms with van der Waals surface area (Å²) in [4.78, 5) is 37.2. The fourth-order valence-electron chi connectivity index (χ4n) is 3.40. The van der Waals surface area contributed by atoms with E-state index in [2.05, 4.69) is 10.4 Å². The van der Waals surface area contributed by atoms with E-state index in [9.17, 15) is 19.7 Å². The normalized spacial score (nSPS) is 14.3. The average molecular weight is 448 g/mol. The Morgan fingerprint density at radius 3 is 2.71 bits per heavy atom. The summed E-state index contributed by atoms with van der Waals surface area (Å²) in [6.45, 7) is 1.18. The van der Waals surface area contributed by atoms with Gasteiger partial charge in [-0.2, -0.15) is 5.10 Å². The number of nitro groups is 1. The van der Waals surface area contributed by atoms with E-state index in [1.54, 1.807) is 35.0 Å². The van der Waals surface area contributed by atoms with Gasteiger partial charge in [-0.15, -0.1) is 11.8 Å². The third-order valence-corrected chi connectivity index (χ3v) is 6.07. The van der Waals surface area contributed by atoms with Gasteiger partial charge in [0.25, 0.3) is 5.91 Å². The van der Waals surface area contributed by atoms with Crippen molar-refractivity contribution < 1.29 is 19.2 Å². The smallest absolute Gasteiger partial charge is 0.311 e. The first-order chi connectivity index (χ1) is 14.9. The van der Waals surface area contributed by atoms with Crippen molar-refractivity contribution in [2.24, 2.45) is 7.05 Å². The van der Waals surface area contributed by atoms with Gasteiger partial charge in [0.05, 0.1) is 29.5 Å². The SMILES string of the molecule is COc1ccc(CSCC(=O)N2CCC(NC(=O)c3cnn(C)c3)CC2)cc1[N+](=O)[O-]. The molecule has 0 atom stereocenters. The molecular formula is C20H25N5O5S. The number of hydrogen-bond acceptors (Lipinski definition) is 7. The first kappa shape index (κ1) is 22.6. The summed E-state index contributed by atoms with van der Waals surface area (Å²) in [6, 6.07) is 4.84. The van der Waals surface area contributed by atoms with Crippen molar-refractivity contribution in [3.05, 3.63) is 51.8 Å². The third kappa shape index (κ3) is 5.97. The zero-order valence-electron chi connectivity index (χ0n) is 17.4. The first-order valence-corrected chi connectivity index (χ1v) is 11.0. The minimum absolute atomic E-state index is 0.0317. The van der Waals surface area contributed by atoms with E-state index >= 15 is 0 Å². The van der Waals surface area contributed by atoms with Crippen LogP contribution in [0.2, 0.25) is 0 Å². The zero-order valence-corrected chi connectivity index (χ0v) is 18.3. The van der Waals surface area contributed by atoms with Gasteiger partial charge in [-0.05, 0) is 24.5 Å². The minimum Gasteiger partial charge on any atom is -0.490 e. The average Bonchev–Trinajstić information content (AvgIpc) is 3.20. The van der Waals surface area contributed by atoms with Gasteiger partial charge < -0.3 is 15.0 Å². The van der Waals surface area contributed by atoms with Crippen molar-refractivity contribution >= 4 is 29.3 Å². The number of nitro benzene ring substituents is 1. The van der Waals surface area contributed by atoms with E-state index in [0.29, 0.717) is 43.0 Å². The number of nitrogens with one attached hydrogen (secondary N) is 1. The molecule has 1 aliphatic heterocycles. The molecule has 0 bridgehead atoms. The minimum atomic E-state index is -0.477. The van der Waals surface area contributed by atoms with Crippen LogP contribution in [0.25, 0.3) is 0 Å². The molecular weight excluding hydrogens is 422 g/mol. The molecule has 1 N–H and O–H groups in total. The lowest BCUT2D eigenvalue weighted by Gasteiger charge is -2.32. The van der Waals surface area contributed by atoms with Crippen LogP contribution in [0.15, 0.2) is 30.6 Å². The van der Waals surface area contributed by atoms with E-state index in [0.717, 1.165) is 5.56 Å². The van der Waals surface area contributed by atoms with Crippen LogP contribution >= 0.6 is 11.8 Å². The maximum absolute atomic E-state index is 12.5. The van der Waals surface area contributed by atoms with E-state index in [4.69, 9.17) is 4.74 Å². The lowest BCUT2D eigenvalue weighted by Crippen LogP contribution is -2.47. The largest absolute Gasteiger partial charge is 0.490 e. The molecule has 2 heterocycles. The number of benzene rings is 1. The molecule has 0 spiro atoms. The molecule has 0 aliphatic carbocycles. The van der Waals surface area contributed by atoms with Crippen molar-refractivity contribution in [3.63, 3.8) is 0 Å². The molecule has 11 heteroatoms. The summed E-state index contributed by atoms with van der Waals surface area (Å²) in [5.74, 6) is 0.890. The number of methoxy groups -OCH3 is 1. The standard InChI is InChI=1S/C20H25N5O5S/c1-23-11-15(10-21-23)20(27)22-16-5-7-24(8-6-16)19(26)13-31-12-14-3-4-18(30-2)17(9-14)25(28)29/h3-4,9-11,16H,5-8,12-13H2,1-2H3,(H,22,27). The fraction of sp³-hybridized carbons (Fsp3) is 0.450. The van der Waals surface area contributed by atoms with Crippen molar-refractivity contribution in [2.75, 3.05) is 26.0 Å². The Hall–Kier alpha value is -3.08. The Balaban J connectivity index is 1.41. The molecule has 0 saturated carbocycles. The monoisotopic (exact) mass is 447 g/mol. The molecule has 1 fully saturated rings. The summed E-state index contributed by atoms with van der Waals surface area (Å²) < 4.78 is 6.58. The van der Waals surface area contributed by atoms with Crippen molar-refractivity contribution in [1.29, 1.82) is 0 Å². The molecule has 2 aromatic rings. The highest BCUT2D eigenvalue weighted by molar-refractivity contribution is 7.99. The highest BCUT2D eigenvalue weighted by atomic mass is 32.2. The number of carbonyl (C=O) groups excluding carboxylic acids is 2.